The van der Waals surface area contributed by atoms with Crippen LogP contribution in [0, 0.1) is 0 Å². The van der Waals surface area contributed by atoms with Crippen LogP contribution in [0.15, 0.2) is 29.4 Å². The highest BCUT2D eigenvalue weighted by Gasteiger charge is 2.02. The topological polar surface area (TPSA) is 67.8 Å². The smallest absolute Gasteiger partial charge is 0.119 e. The molecule has 13 heavy (non-hydrogen) atoms. The molecule has 0 saturated carbocycles. The zero-order valence-electron chi connectivity index (χ0n) is 7.40. The molecule has 0 radical (unpaired) electrons. The molecule has 0 spiro atoms. The Bertz CT molecular complexity index is 310. The van der Waals surface area contributed by atoms with Gasteiger partial charge in [-0.2, -0.15) is 0 Å². The van der Waals surface area contributed by atoms with Crippen LogP contribution in [0.3, 0.4) is 0 Å². The number of benzene rings is 1. The van der Waals surface area contributed by atoms with Crippen molar-refractivity contribution in [3.8, 4) is 5.75 Å². The van der Waals surface area contributed by atoms with Crippen molar-refractivity contribution in [2.45, 2.75) is 0 Å². The van der Waals surface area contributed by atoms with Crippen molar-refractivity contribution in [1.29, 1.82) is 0 Å². The summed E-state index contributed by atoms with van der Waals surface area (Å²) in [7, 11) is 1.58. The average Bonchev–Trinajstić information content (AvgIpc) is 2.20. The Morgan fingerprint density at radius 3 is 2.92 bits per heavy atom. The molecule has 0 bridgehead atoms. The molecule has 0 saturated heterocycles. The molecule has 0 aliphatic heterocycles. The summed E-state index contributed by atoms with van der Waals surface area (Å²) < 4.78 is 5.02. The highest BCUT2D eigenvalue weighted by Crippen LogP contribution is 2.12. The van der Waals surface area contributed by atoms with Crippen molar-refractivity contribution in [2.75, 3.05) is 13.7 Å². The van der Waals surface area contributed by atoms with Crippen LogP contribution < -0.4 is 10.5 Å². The summed E-state index contributed by atoms with van der Waals surface area (Å²) in [5.74, 6) is 0.715. The summed E-state index contributed by atoms with van der Waals surface area (Å²) in [6, 6.07) is 7.20. The first-order valence-electron chi connectivity index (χ1n) is 3.87. The van der Waals surface area contributed by atoms with Crippen molar-refractivity contribution in [3.63, 3.8) is 0 Å². The molecular formula is C9H12N2O2. The second kappa shape index (κ2) is 4.47. The predicted molar refractivity (Wildman–Crippen MR) is 50.4 cm³/mol. The van der Waals surface area contributed by atoms with E-state index in [9.17, 15) is 0 Å². The zero-order valence-corrected chi connectivity index (χ0v) is 7.40. The summed E-state index contributed by atoms with van der Waals surface area (Å²) >= 11 is 0. The Hall–Kier alpha value is -1.55. The third-order valence-corrected chi connectivity index (χ3v) is 1.72. The number of methoxy groups -OCH3 is 1. The summed E-state index contributed by atoms with van der Waals surface area (Å²) in [5.41, 5.74) is 6.59. The van der Waals surface area contributed by atoms with Gasteiger partial charge >= 0.3 is 0 Å². The first kappa shape index (κ1) is 9.54. The molecule has 0 unspecified atom stereocenters. The van der Waals surface area contributed by atoms with E-state index < -0.39 is 0 Å². The van der Waals surface area contributed by atoms with Gasteiger partial charge in [-0.15, -0.1) is 0 Å². The first-order chi connectivity index (χ1) is 6.31. The zero-order chi connectivity index (χ0) is 9.68. The van der Waals surface area contributed by atoms with E-state index in [-0.39, 0.29) is 6.54 Å². The third kappa shape index (κ3) is 2.19. The van der Waals surface area contributed by atoms with Crippen molar-refractivity contribution < 1.29 is 9.94 Å². The van der Waals surface area contributed by atoms with Gasteiger partial charge in [-0.3, -0.25) is 0 Å². The van der Waals surface area contributed by atoms with E-state index >= 15 is 0 Å². The van der Waals surface area contributed by atoms with Crippen molar-refractivity contribution in [1.82, 2.24) is 0 Å². The van der Waals surface area contributed by atoms with Gasteiger partial charge in [-0.25, -0.2) is 0 Å². The maximum Gasteiger partial charge on any atom is 0.119 e. The van der Waals surface area contributed by atoms with Crippen molar-refractivity contribution in [3.05, 3.63) is 29.8 Å². The minimum Gasteiger partial charge on any atom is -0.497 e. The maximum absolute atomic E-state index is 8.61. The molecule has 3 N–H and O–H groups in total. The Morgan fingerprint density at radius 2 is 2.38 bits per heavy atom. The number of nitrogens with two attached hydrogens (primary N) is 1. The molecule has 1 rings (SSSR count). The lowest BCUT2D eigenvalue weighted by molar-refractivity contribution is 0.318. The van der Waals surface area contributed by atoms with Gasteiger partial charge in [0.15, 0.2) is 0 Å². The van der Waals surface area contributed by atoms with E-state index in [1.165, 1.54) is 0 Å². The molecule has 1 aromatic rings. The van der Waals surface area contributed by atoms with Crippen LogP contribution in [0.25, 0.3) is 0 Å². The van der Waals surface area contributed by atoms with E-state index in [2.05, 4.69) is 5.16 Å². The van der Waals surface area contributed by atoms with Crippen molar-refractivity contribution in [2.24, 2.45) is 10.9 Å². The molecule has 0 aliphatic rings. The van der Waals surface area contributed by atoms with Crippen LogP contribution in [0.4, 0.5) is 0 Å². The van der Waals surface area contributed by atoms with Gasteiger partial charge in [0.2, 0.25) is 0 Å². The minimum absolute atomic E-state index is 0.198. The predicted octanol–water partition coefficient (Wildman–Crippen LogP) is 0.832. The maximum atomic E-state index is 8.61. The monoisotopic (exact) mass is 180 g/mol. The van der Waals surface area contributed by atoms with Crippen LogP contribution in [0.1, 0.15) is 5.56 Å². The molecule has 1 aromatic carbocycles. The normalized spacial score (nSPS) is 11.4. The van der Waals surface area contributed by atoms with Gasteiger partial charge in [0, 0.05) is 12.1 Å². The highest BCUT2D eigenvalue weighted by molar-refractivity contribution is 6.01. The lowest BCUT2D eigenvalue weighted by atomic mass is 10.1. The second-order valence-electron chi connectivity index (χ2n) is 2.48. The lowest BCUT2D eigenvalue weighted by Gasteiger charge is -2.03. The third-order valence-electron chi connectivity index (χ3n) is 1.72. The van der Waals surface area contributed by atoms with Crippen LogP contribution in [-0.2, 0) is 0 Å². The van der Waals surface area contributed by atoms with Crippen LogP contribution >= 0.6 is 0 Å². The quantitative estimate of drug-likeness (QED) is 0.411. The molecule has 70 valence electrons. The number of oxime groups is 1. The summed E-state index contributed by atoms with van der Waals surface area (Å²) in [5, 5.41) is 11.7. The number of hydrogen-bond donors (Lipinski definition) is 2. The van der Waals surface area contributed by atoms with Crippen LogP contribution in [-0.4, -0.2) is 24.6 Å². The first-order valence-corrected chi connectivity index (χ1v) is 3.87. The molecule has 0 fully saturated rings. The standard InChI is InChI=1S/C9H12N2O2/c1-13-8-4-2-3-7(5-8)9(6-10)11-12/h2-5,12H,6,10H2,1H3. The number of ether oxygens (including phenoxy) is 1. The molecule has 0 amide bonds. The van der Waals surface area contributed by atoms with Gasteiger partial charge in [-0.1, -0.05) is 17.3 Å². The van der Waals surface area contributed by atoms with Crippen LogP contribution in [0.5, 0.6) is 5.75 Å². The largest absolute Gasteiger partial charge is 0.497 e. The summed E-state index contributed by atoms with van der Waals surface area (Å²) in [6.45, 7) is 0.198. The minimum atomic E-state index is 0.198. The molecule has 0 aliphatic carbocycles. The number of nitrogens with zero attached hydrogens (tertiary/aromatic N) is 1. The summed E-state index contributed by atoms with van der Waals surface area (Å²) in [6.07, 6.45) is 0. The summed E-state index contributed by atoms with van der Waals surface area (Å²) in [4.78, 5) is 0. The van der Waals surface area contributed by atoms with Gasteiger partial charge in [0.1, 0.15) is 11.5 Å². The number of rotatable bonds is 3. The average molecular weight is 180 g/mol. The fraction of sp³-hybridized carbons (Fsp3) is 0.222. The Labute approximate surface area is 76.6 Å². The molecular weight excluding hydrogens is 168 g/mol. The van der Waals surface area contributed by atoms with E-state index in [1.54, 1.807) is 13.2 Å². The molecule has 0 atom stereocenters. The fourth-order valence-corrected chi connectivity index (χ4v) is 1.02. The lowest BCUT2D eigenvalue weighted by Crippen LogP contribution is -2.14. The molecule has 4 heteroatoms. The Morgan fingerprint density at radius 1 is 1.62 bits per heavy atom. The van der Waals surface area contributed by atoms with E-state index in [4.69, 9.17) is 15.7 Å². The molecule has 0 aromatic heterocycles. The van der Waals surface area contributed by atoms with E-state index in [1.807, 2.05) is 18.2 Å². The number of hydrogen-bond acceptors (Lipinski definition) is 4. The van der Waals surface area contributed by atoms with Crippen LogP contribution in [0.2, 0.25) is 0 Å². The van der Waals surface area contributed by atoms with E-state index in [0.717, 1.165) is 5.56 Å². The van der Waals surface area contributed by atoms with Crippen molar-refractivity contribution >= 4 is 5.71 Å². The van der Waals surface area contributed by atoms with E-state index in [0.29, 0.717) is 11.5 Å². The molecule has 0 heterocycles. The van der Waals surface area contributed by atoms with Gasteiger partial charge in [0.05, 0.1) is 7.11 Å². The second-order valence-corrected chi connectivity index (χ2v) is 2.48. The fourth-order valence-electron chi connectivity index (χ4n) is 1.02. The molecule has 4 nitrogen and oxygen atoms in total. The van der Waals surface area contributed by atoms with Gasteiger partial charge < -0.3 is 15.7 Å². The Balaban J connectivity index is 3.00. The Kier molecular flexibility index (Phi) is 3.28. The highest BCUT2D eigenvalue weighted by atomic mass is 16.5. The SMILES string of the molecule is COc1cccc(C(CN)=NO)c1. The van der Waals surface area contributed by atoms with Gasteiger partial charge in [-0.05, 0) is 12.1 Å². The van der Waals surface area contributed by atoms with Gasteiger partial charge in [0.25, 0.3) is 0 Å².